The number of nitrogens with zero attached hydrogens (tertiary/aromatic N) is 3. The molecule has 0 unspecified atom stereocenters. The number of thiazole rings is 1. The molecule has 12 heteroatoms. The molecule has 0 radical (unpaired) electrons. The van der Waals surface area contributed by atoms with E-state index in [1.54, 1.807) is 5.38 Å². The first-order chi connectivity index (χ1) is 14.8. The van der Waals surface area contributed by atoms with E-state index in [4.69, 9.17) is 5.73 Å². The molecule has 1 aliphatic heterocycles. The zero-order chi connectivity index (χ0) is 22.4. The van der Waals surface area contributed by atoms with Crippen LogP contribution in [0.25, 0.3) is 0 Å². The molecule has 1 saturated heterocycles. The van der Waals surface area contributed by atoms with Gasteiger partial charge < -0.3 is 11.1 Å². The van der Waals surface area contributed by atoms with Crippen molar-refractivity contribution in [3.63, 3.8) is 0 Å². The predicted molar refractivity (Wildman–Crippen MR) is 119 cm³/mol. The number of carbonyl (C=O) groups excluding carboxylic acids is 2. The van der Waals surface area contributed by atoms with Gasteiger partial charge in [-0.05, 0) is 18.9 Å². The van der Waals surface area contributed by atoms with E-state index in [0.717, 1.165) is 10.5 Å². The maximum atomic E-state index is 13.6. The van der Waals surface area contributed by atoms with Gasteiger partial charge in [0.25, 0.3) is 10.2 Å². The summed E-state index contributed by atoms with van der Waals surface area (Å²) >= 11 is 1.26. The van der Waals surface area contributed by atoms with Gasteiger partial charge in [0, 0.05) is 31.6 Å². The van der Waals surface area contributed by atoms with Crippen LogP contribution in [0.3, 0.4) is 0 Å². The van der Waals surface area contributed by atoms with E-state index in [0.29, 0.717) is 26.2 Å². The average Bonchev–Trinajstić information content (AvgIpc) is 3.29. The van der Waals surface area contributed by atoms with E-state index >= 15 is 0 Å². The van der Waals surface area contributed by atoms with Gasteiger partial charge in [0.1, 0.15) is 17.9 Å². The molecule has 168 valence electrons. The van der Waals surface area contributed by atoms with Crippen molar-refractivity contribution in [2.75, 3.05) is 31.1 Å². The molecule has 0 spiro atoms. The molecule has 2 amide bonds. The number of benzene rings is 1. The molecule has 1 aromatic heterocycles. The van der Waals surface area contributed by atoms with Crippen LogP contribution in [-0.4, -0.2) is 67.8 Å². The first kappa shape index (κ1) is 23.3. The lowest BCUT2D eigenvalue weighted by Crippen LogP contribution is -2.58. The van der Waals surface area contributed by atoms with Crippen LogP contribution in [0.2, 0.25) is 0 Å². The molecule has 0 aliphatic carbocycles. The van der Waals surface area contributed by atoms with Gasteiger partial charge in [-0.2, -0.15) is 17.4 Å². The highest BCUT2D eigenvalue weighted by Gasteiger charge is 2.36. The standard InChI is InChI=1S/C19H26N6O4S2/c1-14(18(20)26)25(17-12-30-13-22-17)19(27)16(11-15-5-3-2-4-6-15)23-31(28,29)24-9-7-21-8-10-24/h2-6,12-14,16,21,23H,7-11H2,1H3,(H2,20,26)/t14-,16-/m0/s1. The Labute approximate surface area is 185 Å². The number of nitrogens with one attached hydrogen (secondary N) is 2. The molecule has 2 atom stereocenters. The Kier molecular flexibility index (Phi) is 7.73. The average molecular weight is 467 g/mol. The fourth-order valence-electron chi connectivity index (χ4n) is 3.29. The molecule has 4 N–H and O–H groups in total. The number of hydrogen-bond donors (Lipinski definition) is 3. The molecule has 1 aliphatic rings. The monoisotopic (exact) mass is 466 g/mol. The summed E-state index contributed by atoms with van der Waals surface area (Å²) in [6, 6.07) is 6.93. The van der Waals surface area contributed by atoms with E-state index in [1.807, 2.05) is 30.3 Å². The number of rotatable bonds is 9. The first-order valence-electron chi connectivity index (χ1n) is 9.82. The zero-order valence-corrected chi connectivity index (χ0v) is 18.7. The van der Waals surface area contributed by atoms with Crippen molar-refractivity contribution in [2.45, 2.75) is 25.4 Å². The van der Waals surface area contributed by atoms with Crippen LogP contribution >= 0.6 is 11.3 Å². The Morgan fingerprint density at radius 2 is 1.97 bits per heavy atom. The molecule has 31 heavy (non-hydrogen) atoms. The summed E-state index contributed by atoms with van der Waals surface area (Å²) in [6.07, 6.45) is 0.108. The van der Waals surface area contributed by atoms with Crippen LogP contribution in [-0.2, 0) is 26.2 Å². The van der Waals surface area contributed by atoms with Crippen molar-refractivity contribution < 1.29 is 18.0 Å². The highest BCUT2D eigenvalue weighted by atomic mass is 32.2. The lowest BCUT2D eigenvalue weighted by molar-refractivity contribution is -0.125. The van der Waals surface area contributed by atoms with Gasteiger partial charge in [-0.1, -0.05) is 30.3 Å². The minimum absolute atomic E-state index is 0.108. The lowest BCUT2D eigenvalue weighted by Gasteiger charge is -2.32. The molecule has 2 heterocycles. The fraction of sp³-hybridized carbons (Fsp3) is 0.421. The smallest absolute Gasteiger partial charge is 0.280 e. The van der Waals surface area contributed by atoms with Gasteiger partial charge in [0.2, 0.25) is 11.8 Å². The Balaban J connectivity index is 1.93. The van der Waals surface area contributed by atoms with Crippen molar-refractivity contribution in [3.8, 4) is 0 Å². The number of piperazine rings is 1. The third-order valence-corrected chi connectivity index (χ3v) is 7.19. The molecular weight excluding hydrogens is 440 g/mol. The van der Waals surface area contributed by atoms with Crippen LogP contribution in [0.4, 0.5) is 5.82 Å². The van der Waals surface area contributed by atoms with E-state index in [-0.39, 0.29) is 12.2 Å². The number of aromatic nitrogens is 1. The molecular formula is C19H26N6O4S2. The van der Waals surface area contributed by atoms with Crippen LogP contribution < -0.4 is 20.7 Å². The summed E-state index contributed by atoms with van der Waals surface area (Å²) in [5.74, 6) is -1.06. The molecule has 1 fully saturated rings. The normalized spacial score (nSPS) is 17.1. The number of nitrogens with two attached hydrogens (primary N) is 1. The van der Waals surface area contributed by atoms with E-state index in [9.17, 15) is 18.0 Å². The van der Waals surface area contributed by atoms with Crippen LogP contribution in [0, 0.1) is 0 Å². The van der Waals surface area contributed by atoms with E-state index in [2.05, 4.69) is 15.0 Å². The quantitative estimate of drug-likeness (QED) is 0.464. The largest absolute Gasteiger partial charge is 0.368 e. The first-order valence-corrected chi connectivity index (χ1v) is 12.2. The molecule has 2 aromatic rings. The maximum Gasteiger partial charge on any atom is 0.280 e. The third-order valence-electron chi connectivity index (χ3n) is 4.99. The third kappa shape index (κ3) is 5.86. The number of carbonyl (C=O) groups is 2. The molecule has 0 saturated carbocycles. The van der Waals surface area contributed by atoms with Crippen LogP contribution in [0.1, 0.15) is 12.5 Å². The lowest BCUT2D eigenvalue weighted by atomic mass is 10.0. The molecule has 1 aromatic carbocycles. The number of anilines is 1. The van der Waals surface area contributed by atoms with Crippen molar-refractivity contribution in [1.82, 2.24) is 19.3 Å². The van der Waals surface area contributed by atoms with Crippen molar-refractivity contribution in [2.24, 2.45) is 5.73 Å². The number of amides is 2. The Hall–Kier alpha value is -2.38. The van der Waals surface area contributed by atoms with Crippen LogP contribution in [0.5, 0.6) is 0 Å². The summed E-state index contributed by atoms with van der Waals surface area (Å²) < 4.78 is 29.9. The molecule has 3 rings (SSSR count). The fourth-order valence-corrected chi connectivity index (χ4v) is 5.17. The van der Waals surface area contributed by atoms with Gasteiger partial charge in [0.05, 0.1) is 5.51 Å². The summed E-state index contributed by atoms with van der Waals surface area (Å²) in [6.45, 7) is 3.15. The second kappa shape index (κ2) is 10.3. The van der Waals surface area contributed by atoms with Gasteiger partial charge in [-0.25, -0.2) is 4.98 Å². The van der Waals surface area contributed by atoms with Crippen molar-refractivity contribution in [3.05, 3.63) is 46.8 Å². The predicted octanol–water partition coefficient (Wildman–Crippen LogP) is -0.299. The second-order valence-electron chi connectivity index (χ2n) is 7.15. The minimum Gasteiger partial charge on any atom is -0.368 e. The summed E-state index contributed by atoms with van der Waals surface area (Å²) in [7, 11) is -3.93. The summed E-state index contributed by atoms with van der Waals surface area (Å²) in [5, 5.41) is 4.71. The summed E-state index contributed by atoms with van der Waals surface area (Å²) in [4.78, 5) is 30.8. The zero-order valence-electron chi connectivity index (χ0n) is 17.1. The Morgan fingerprint density at radius 1 is 1.29 bits per heavy atom. The minimum atomic E-state index is -3.93. The van der Waals surface area contributed by atoms with E-state index in [1.165, 1.54) is 28.1 Å². The Bertz CT molecular complexity index is 978. The Morgan fingerprint density at radius 3 is 2.55 bits per heavy atom. The van der Waals surface area contributed by atoms with E-state index < -0.39 is 34.1 Å². The van der Waals surface area contributed by atoms with Crippen molar-refractivity contribution in [1.29, 1.82) is 0 Å². The number of hydrogen-bond acceptors (Lipinski definition) is 7. The maximum absolute atomic E-state index is 13.6. The van der Waals surface area contributed by atoms with Gasteiger partial charge in [-0.3, -0.25) is 14.5 Å². The van der Waals surface area contributed by atoms with Gasteiger partial charge >= 0.3 is 0 Å². The SMILES string of the molecule is C[C@@H](C(N)=O)N(C(=O)[C@H](Cc1ccccc1)NS(=O)(=O)N1CCNCC1)c1cscn1. The molecule has 0 bridgehead atoms. The van der Waals surface area contributed by atoms with Crippen LogP contribution in [0.15, 0.2) is 41.2 Å². The second-order valence-corrected chi connectivity index (χ2v) is 9.57. The van der Waals surface area contributed by atoms with Gasteiger partial charge in [0.15, 0.2) is 0 Å². The number of primary amides is 1. The van der Waals surface area contributed by atoms with Gasteiger partial charge in [-0.15, -0.1) is 11.3 Å². The highest BCUT2D eigenvalue weighted by molar-refractivity contribution is 7.87. The molecule has 10 nitrogen and oxygen atoms in total. The topological polar surface area (TPSA) is 138 Å². The van der Waals surface area contributed by atoms with Crippen molar-refractivity contribution >= 4 is 39.2 Å². The highest BCUT2D eigenvalue weighted by Crippen LogP contribution is 2.20. The summed E-state index contributed by atoms with van der Waals surface area (Å²) in [5.41, 5.74) is 7.77.